The first kappa shape index (κ1) is 14.5. The fraction of sp³-hybridized carbons (Fsp3) is 0.600. The van der Waals surface area contributed by atoms with Crippen molar-refractivity contribution in [1.29, 1.82) is 0 Å². The Kier molecular flexibility index (Phi) is 4.94. The molecule has 19 heavy (non-hydrogen) atoms. The molecule has 0 radical (unpaired) electrons. The normalized spacial score (nSPS) is 18.6. The van der Waals surface area contributed by atoms with Crippen LogP contribution in [0.25, 0.3) is 0 Å². The first-order chi connectivity index (χ1) is 9.21. The van der Waals surface area contributed by atoms with Gasteiger partial charge in [-0.3, -0.25) is 0 Å². The van der Waals surface area contributed by atoms with Crippen molar-refractivity contribution in [2.75, 3.05) is 20.8 Å². The van der Waals surface area contributed by atoms with E-state index < -0.39 is 0 Å². The number of halogens is 1. The lowest BCUT2D eigenvalue weighted by Gasteiger charge is -2.19. The highest BCUT2D eigenvalue weighted by atomic mass is 35.5. The molecule has 106 valence electrons. The zero-order chi connectivity index (χ0) is 13.8. The van der Waals surface area contributed by atoms with E-state index >= 15 is 0 Å². The van der Waals surface area contributed by atoms with Crippen LogP contribution < -0.4 is 14.8 Å². The molecule has 1 N–H and O–H groups in total. The van der Waals surface area contributed by atoms with Gasteiger partial charge in [0, 0.05) is 11.6 Å². The minimum atomic E-state index is 0.555. The van der Waals surface area contributed by atoms with Crippen LogP contribution in [0.1, 0.15) is 30.9 Å². The van der Waals surface area contributed by atoms with Crippen molar-refractivity contribution in [1.82, 2.24) is 5.32 Å². The lowest BCUT2D eigenvalue weighted by atomic mass is 9.96. The van der Waals surface area contributed by atoms with E-state index in [1.807, 2.05) is 6.07 Å². The molecule has 1 aliphatic rings. The molecule has 0 bridgehead atoms. The van der Waals surface area contributed by atoms with Crippen LogP contribution in [-0.2, 0) is 12.8 Å². The fourth-order valence-corrected chi connectivity index (χ4v) is 3.16. The molecule has 1 saturated heterocycles. The Morgan fingerprint density at radius 1 is 1.32 bits per heavy atom. The molecular weight excluding hydrogens is 262 g/mol. The van der Waals surface area contributed by atoms with Crippen molar-refractivity contribution in [2.45, 2.75) is 38.6 Å². The monoisotopic (exact) mass is 283 g/mol. The summed E-state index contributed by atoms with van der Waals surface area (Å²) in [4.78, 5) is 0. The van der Waals surface area contributed by atoms with Gasteiger partial charge in [0.1, 0.15) is 0 Å². The molecule has 3 nitrogen and oxygen atoms in total. The van der Waals surface area contributed by atoms with E-state index in [9.17, 15) is 0 Å². The van der Waals surface area contributed by atoms with E-state index in [1.54, 1.807) is 14.2 Å². The van der Waals surface area contributed by atoms with E-state index in [2.05, 4.69) is 12.2 Å². The zero-order valence-corrected chi connectivity index (χ0v) is 12.6. The summed E-state index contributed by atoms with van der Waals surface area (Å²) >= 11 is 6.30. The quantitative estimate of drug-likeness (QED) is 0.900. The highest BCUT2D eigenvalue weighted by molar-refractivity contribution is 6.32. The Hall–Kier alpha value is -0.930. The number of benzene rings is 1. The van der Waals surface area contributed by atoms with Gasteiger partial charge in [-0.15, -0.1) is 0 Å². The van der Waals surface area contributed by atoms with Crippen molar-refractivity contribution in [3.63, 3.8) is 0 Å². The topological polar surface area (TPSA) is 30.5 Å². The van der Waals surface area contributed by atoms with E-state index in [1.165, 1.54) is 24.0 Å². The lowest BCUT2D eigenvalue weighted by molar-refractivity contribution is 0.351. The predicted molar refractivity (Wildman–Crippen MR) is 78.7 cm³/mol. The van der Waals surface area contributed by atoms with Crippen molar-refractivity contribution in [3.8, 4) is 11.5 Å². The van der Waals surface area contributed by atoms with Gasteiger partial charge in [0.2, 0.25) is 0 Å². The van der Waals surface area contributed by atoms with Gasteiger partial charge in [-0.1, -0.05) is 18.5 Å². The van der Waals surface area contributed by atoms with Crippen molar-refractivity contribution < 1.29 is 9.47 Å². The molecule has 1 atom stereocenters. The average Bonchev–Trinajstić information content (AvgIpc) is 2.90. The molecule has 1 aromatic carbocycles. The van der Waals surface area contributed by atoms with Crippen LogP contribution in [0.5, 0.6) is 11.5 Å². The minimum Gasteiger partial charge on any atom is -0.493 e. The predicted octanol–water partition coefficient (Wildman–Crippen LogP) is 3.21. The number of methoxy groups -OCH3 is 2. The number of nitrogens with one attached hydrogen (secondary N) is 1. The summed E-state index contributed by atoms with van der Waals surface area (Å²) in [5.74, 6) is 1.43. The highest BCUT2D eigenvalue weighted by Gasteiger charge is 2.21. The summed E-state index contributed by atoms with van der Waals surface area (Å²) in [5, 5.41) is 4.16. The van der Waals surface area contributed by atoms with Gasteiger partial charge in [0.15, 0.2) is 11.5 Å². The third-order valence-electron chi connectivity index (χ3n) is 3.78. The summed E-state index contributed by atoms with van der Waals surface area (Å²) < 4.78 is 10.9. The highest BCUT2D eigenvalue weighted by Crippen LogP contribution is 2.40. The summed E-state index contributed by atoms with van der Waals surface area (Å²) in [7, 11) is 3.30. The zero-order valence-electron chi connectivity index (χ0n) is 11.9. The Labute approximate surface area is 120 Å². The summed E-state index contributed by atoms with van der Waals surface area (Å²) in [6.45, 7) is 3.25. The van der Waals surface area contributed by atoms with Gasteiger partial charge in [0.05, 0.1) is 19.2 Å². The number of hydrogen-bond acceptors (Lipinski definition) is 3. The third-order valence-corrected chi connectivity index (χ3v) is 4.06. The van der Waals surface area contributed by atoms with Gasteiger partial charge >= 0.3 is 0 Å². The molecule has 1 fully saturated rings. The van der Waals surface area contributed by atoms with Crippen LogP contribution in [0.15, 0.2) is 6.07 Å². The van der Waals surface area contributed by atoms with Gasteiger partial charge in [0.25, 0.3) is 0 Å². The van der Waals surface area contributed by atoms with Crippen LogP contribution in [0.2, 0.25) is 5.02 Å². The molecule has 1 aliphatic heterocycles. The van der Waals surface area contributed by atoms with Gasteiger partial charge in [-0.05, 0) is 43.9 Å². The second-order valence-corrected chi connectivity index (χ2v) is 5.32. The number of rotatable bonds is 5. The maximum Gasteiger partial charge on any atom is 0.179 e. The SMILES string of the molecule is CCc1c(CC2CCCN2)cc(Cl)c(OC)c1OC. The molecule has 0 aliphatic carbocycles. The number of hydrogen-bond donors (Lipinski definition) is 1. The molecule has 0 aromatic heterocycles. The molecule has 1 heterocycles. The second-order valence-electron chi connectivity index (χ2n) is 4.91. The first-order valence-corrected chi connectivity index (χ1v) is 7.24. The lowest BCUT2D eigenvalue weighted by Crippen LogP contribution is -2.24. The molecule has 0 spiro atoms. The second kappa shape index (κ2) is 6.49. The minimum absolute atomic E-state index is 0.555. The maximum atomic E-state index is 6.30. The summed E-state index contributed by atoms with van der Waals surface area (Å²) in [6, 6.07) is 2.58. The van der Waals surface area contributed by atoms with Crippen LogP contribution >= 0.6 is 11.6 Å². The standard InChI is InChI=1S/C15H22ClNO2/c1-4-12-10(8-11-6-5-7-17-11)9-13(16)15(19-3)14(12)18-2/h9,11,17H,4-8H2,1-3H3. The first-order valence-electron chi connectivity index (χ1n) is 6.86. The third kappa shape index (κ3) is 2.98. The molecule has 0 amide bonds. The van der Waals surface area contributed by atoms with Crippen LogP contribution in [0.4, 0.5) is 0 Å². The van der Waals surface area contributed by atoms with Crippen LogP contribution in [0, 0.1) is 0 Å². The molecular formula is C15H22ClNO2. The van der Waals surface area contributed by atoms with Crippen molar-refractivity contribution >= 4 is 11.6 Å². The Bertz CT molecular complexity index is 442. The van der Waals surface area contributed by atoms with Crippen LogP contribution in [-0.4, -0.2) is 26.8 Å². The Morgan fingerprint density at radius 3 is 2.58 bits per heavy atom. The van der Waals surface area contributed by atoms with Gasteiger partial charge in [-0.2, -0.15) is 0 Å². The maximum absolute atomic E-state index is 6.30. The van der Waals surface area contributed by atoms with Gasteiger partial charge in [-0.25, -0.2) is 0 Å². The smallest absolute Gasteiger partial charge is 0.179 e. The molecule has 0 saturated carbocycles. The summed E-state index contributed by atoms with van der Waals surface area (Å²) in [5.41, 5.74) is 2.47. The van der Waals surface area contributed by atoms with E-state index in [0.717, 1.165) is 25.1 Å². The summed E-state index contributed by atoms with van der Waals surface area (Å²) in [6.07, 6.45) is 4.41. The van der Waals surface area contributed by atoms with E-state index in [4.69, 9.17) is 21.1 Å². The van der Waals surface area contributed by atoms with Crippen molar-refractivity contribution in [3.05, 3.63) is 22.2 Å². The van der Waals surface area contributed by atoms with E-state index in [0.29, 0.717) is 16.8 Å². The average molecular weight is 284 g/mol. The molecule has 1 aromatic rings. The molecule has 4 heteroatoms. The van der Waals surface area contributed by atoms with E-state index in [-0.39, 0.29) is 0 Å². The van der Waals surface area contributed by atoms with Gasteiger partial charge < -0.3 is 14.8 Å². The number of ether oxygens (including phenoxy) is 2. The Morgan fingerprint density at radius 2 is 2.05 bits per heavy atom. The largest absolute Gasteiger partial charge is 0.493 e. The van der Waals surface area contributed by atoms with Crippen LogP contribution in [0.3, 0.4) is 0 Å². The van der Waals surface area contributed by atoms with Crippen molar-refractivity contribution in [2.24, 2.45) is 0 Å². The Balaban J connectivity index is 2.38. The molecule has 1 unspecified atom stereocenters. The molecule has 2 rings (SSSR count). The fourth-order valence-electron chi connectivity index (χ4n) is 2.87.